The maximum Gasteiger partial charge on any atom is 0.319 e. The Labute approximate surface area is 160 Å². The highest BCUT2D eigenvalue weighted by Crippen LogP contribution is 2.23. The summed E-state index contributed by atoms with van der Waals surface area (Å²) in [5.41, 5.74) is 1.28. The molecular weight excluding hydrogens is 340 g/mol. The molecule has 0 saturated heterocycles. The van der Waals surface area contributed by atoms with Gasteiger partial charge in [0.05, 0.1) is 11.6 Å². The molecule has 2 aromatic carbocycles. The van der Waals surface area contributed by atoms with Gasteiger partial charge < -0.3 is 20.3 Å². The van der Waals surface area contributed by atoms with Gasteiger partial charge >= 0.3 is 6.03 Å². The zero-order valence-electron chi connectivity index (χ0n) is 16.0. The summed E-state index contributed by atoms with van der Waals surface area (Å²) in [5.74, 6) is 1.30. The number of hydrogen-bond donors (Lipinski definition) is 2. The maximum atomic E-state index is 12.0. The molecule has 27 heavy (non-hydrogen) atoms. The largest absolute Gasteiger partial charge is 0.457 e. The van der Waals surface area contributed by atoms with E-state index in [2.05, 4.69) is 42.5 Å². The molecule has 1 atom stereocenters. The summed E-state index contributed by atoms with van der Waals surface area (Å²) < 4.78 is 5.72. The molecule has 2 amide bonds. The number of rotatable bonds is 8. The monoisotopic (exact) mass is 366 g/mol. The van der Waals surface area contributed by atoms with Crippen LogP contribution in [0.5, 0.6) is 11.5 Å². The number of carbonyl (C=O) groups excluding carboxylic acids is 1. The predicted molar refractivity (Wildman–Crippen MR) is 107 cm³/mol. The molecule has 0 bridgehead atoms. The van der Waals surface area contributed by atoms with Crippen LogP contribution in [0, 0.1) is 11.3 Å². The number of carbonyl (C=O) groups is 1. The number of likely N-dealkylation sites (N-methyl/N-ethyl adjacent to an activating group) is 1. The number of benzene rings is 2. The molecule has 0 aliphatic carbocycles. The van der Waals surface area contributed by atoms with Crippen LogP contribution in [0.3, 0.4) is 0 Å². The van der Waals surface area contributed by atoms with Crippen LogP contribution in [-0.2, 0) is 0 Å². The molecule has 0 saturated carbocycles. The zero-order chi connectivity index (χ0) is 19.6. The summed E-state index contributed by atoms with van der Waals surface area (Å²) >= 11 is 0. The number of ether oxygens (including phenoxy) is 1. The average molecular weight is 366 g/mol. The van der Waals surface area contributed by atoms with E-state index in [9.17, 15) is 4.79 Å². The van der Waals surface area contributed by atoms with E-state index in [1.807, 2.05) is 0 Å². The number of anilines is 1. The van der Waals surface area contributed by atoms with Gasteiger partial charge in [0.1, 0.15) is 11.5 Å². The molecule has 0 fully saturated rings. The van der Waals surface area contributed by atoms with E-state index in [0.717, 1.165) is 13.0 Å². The van der Waals surface area contributed by atoms with Crippen molar-refractivity contribution in [2.24, 2.45) is 0 Å². The number of nitrogens with one attached hydrogen (secondary N) is 2. The fourth-order valence-electron chi connectivity index (χ4n) is 2.39. The Morgan fingerprint density at radius 1 is 1.15 bits per heavy atom. The number of nitrogens with zero attached hydrogens (tertiary/aromatic N) is 2. The molecule has 1 unspecified atom stereocenters. The Bertz CT molecular complexity index is 766. The zero-order valence-corrected chi connectivity index (χ0v) is 16.0. The van der Waals surface area contributed by atoms with Gasteiger partial charge in [-0.15, -0.1) is 0 Å². The van der Waals surface area contributed by atoms with Gasteiger partial charge in [-0.25, -0.2) is 4.79 Å². The van der Waals surface area contributed by atoms with Gasteiger partial charge in [0.15, 0.2) is 0 Å². The molecule has 0 aliphatic rings. The van der Waals surface area contributed by atoms with E-state index in [4.69, 9.17) is 10.00 Å². The lowest BCUT2D eigenvalue weighted by atomic mass is 10.2. The lowest BCUT2D eigenvalue weighted by molar-refractivity contribution is 0.238. The van der Waals surface area contributed by atoms with Crippen molar-refractivity contribution >= 4 is 11.7 Å². The molecule has 2 rings (SSSR count). The molecule has 6 nitrogen and oxygen atoms in total. The van der Waals surface area contributed by atoms with Crippen LogP contribution < -0.4 is 15.4 Å². The maximum absolute atomic E-state index is 12.0. The van der Waals surface area contributed by atoms with Crippen LogP contribution >= 0.6 is 0 Å². The van der Waals surface area contributed by atoms with Gasteiger partial charge in [-0.3, -0.25) is 0 Å². The van der Waals surface area contributed by atoms with E-state index in [-0.39, 0.29) is 6.03 Å². The quantitative estimate of drug-likeness (QED) is 0.734. The first kappa shape index (κ1) is 20.3. The molecule has 2 aromatic rings. The highest BCUT2D eigenvalue weighted by Gasteiger charge is 2.07. The second kappa shape index (κ2) is 10.2. The van der Waals surface area contributed by atoms with E-state index in [1.165, 1.54) is 0 Å². The Balaban J connectivity index is 1.79. The van der Waals surface area contributed by atoms with Crippen LogP contribution in [0.2, 0.25) is 0 Å². The van der Waals surface area contributed by atoms with Crippen molar-refractivity contribution in [2.75, 3.05) is 25.5 Å². The topological polar surface area (TPSA) is 77.4 Å². The first-order valence-electron chi connectivity index (χ1n) is 9.05. The second-order valence-electron chi connectivity index (χ2n) is 6.38. The average Bonchev–Trinajstić information content (AvgIpc) is 2.69. The Kier molecular flexibility index (Phi) is 7.65. The number of nitriles is 1. The van der Waals surface area contributed by atoms with Gasteiger partial charge in [0.2, 0.25) is 0 Å². The molecule has 0 aliphatic heterocycles. The smallest absolute Gasteiger partial charge is 0.319 e. The van der Waals surface area contributed by atoms with Crippen LogP contribution in [0.25, 0.3) is 0 Å². The van der Waals surface area contributed by atoms with Crippen molar-refractivity contribution in [2.45, 2.75) is 26.3 Å². The molecule has 0 radical (unpaired) electrons. The first-order valence-corrected chi connectivity index (χ1v) is 9.05. The number of hydrogen-bond acceptors (Lipinski definition) is 4. The minimum atomic E-state index is -0.228. The SMILES string of the molecule is CCC(C)N(C)CCNC(=O)Nc1ccc(Oc2ccc(C#N)cc2)cc1. The minimum absolute atomic E-state index is 0.228. The summed E-state index contributed by atoms with van der Waals surface area (Å²) in [7, 11) is 2.06. The van der Waals surface area contributed by atoms with E-state index in [1.54, 1.807) is 48.5 Å². The fraction of sp³-hybridized carbons (Fsp3) is 0.333. The second-order valence-corrected chi connectivity index (χ2v) is 6.38. The predicted octanol–water partition coefficient (Wildman–Crippen LogP) is 4.20. The van der Waals surface area contributed by atoms with E-state index < -0.39 is 0 Å². The summed E-state index contributed by atoms with van der Waals surface area (Å²) in [5, 5.41) is 14.5. The molecule has 2 N–H and O–H groups in total. The highest BCUT2D eigenvalue weighted by atomic mass is 16.5. The third-order valence-electron chi connectivity index (χ3n) is 4.42. The summed E-state index contributed by atoms with van der Waals surface area (Å²) in [4.78, 5) is 14.2. The van der Waals surface area contributed by atoms with Crippen molar-refractivity contribution in [1.29, 1.82) is 5.26 Å². The van der Waals surface area contributed by atoms with E-state index >= 15 is 0 Å². The van der Waals surface area contributed by atoms with Crippen molar-refractivity contribution < 1.29 is 9.53 Å². The van der Waals surface area contributed by atoms with Crippen molar-refractivity contribution in [1.82, 2.24) is 10.2 Å². The van der Waals surface area contributed by atoms with Crippen LogP contribution in [-0.4, -0.2) is 37.1 Å². The summed E-state index contributed by atoms with van der Waals surface area (Å²) in [6.07, 6.45) is 1.08. The Hall–Kier alpha value is -3.04. The van der Waals surface area contributed by atoms with Gasteiger partial charge in [-0.05, 0) is 68.9 Å². The molecule has 142 valence electrons. The van der Waals surface area contributed by atoms with Gasteiger partial charge in [-0.2, -0.15) is 5.26 Å². The minimum Gasteiger partial charge on any atom is -0.457 e. The summed E-state index contributed by atoms with van der Waals surface area (Å²) in [6, 6.07) is 16.4. The normalized spacial score (nSPS) is 11.5. The van der Waals surface area contributed by atoms with E-state index in [0.29, 0.717) is 35.3 Å². The lowest BCUT2D eigenvalue weighted by Gasteiger charge is -2.23. The number of urea groups is 1. The molecule has 6 heteroatoms. The standard InChI is InChI=1S/C21H26N4O2/c1-4-16(2)25(3)14-13-23-21(26)24-18-7-11-20(12-8-18)27-19-9-5-17(15-22)6-10-19/h5-12,16H,4,13-14H2,1-3H3,(H2,23,24,26). The molecule has 0 heterocycles. The fourth-order valence-corrected chi connectivity index (χ4v) is 2.39. The van der Waals surface area contributed by atoms with Crippen molar-refractivity contribution in [3.63, 3.8) is 0 Å². The van der Waals surface area contributed by atoms with Crippen molar-refractivity contribution in [3.8, 4) is 17.6 Å². The third kappa shape index (κ3) is 6.65. The highest BCUT2D eigenvalue weighted by molar-refractivity contribution is 5.89. The Morgan fingerprint density at radius 2 is 1.74 bits per heavy atom. The van der Waals surface area contributed by atoms with Crippen LogP contribution in [0.15, 0.2) is 48.5 Å². The first-order chi connectivity index (χ1) is 13.0. The summed E-state index contributed by atoms with van der Waals surface area (Å²) in [6.45, 7) is 5.71. The van der Waals surface area contributed by atoms with Crippen LogP contribution in [0.4, 0.5) is 10.5 Å². The molecule has 0 spiro atoms. The molecule has 0 aromatic heterocycles. The third-order valence-corrected chi connectivity index (χ3v) is 4.42. The van der Waals surface area contributed by atoms with Gasteiger partial charge in [0.25, 0.3) is 0 Å². The van der Waals surface area contributed by atoms with Crippen LogP contribution in [0.1, 0.15) is 25.8 Å². The number of amides is 2. The Morgan fingerprint density at radius 3 is 2.30 bits per heavy atom. The van der Waals surface area contributed by atoms with Crippen molar-refractivity contribution in [3.05, 3.63) is 54.1 Å². The van der Waals surface area contributed by atoms with Gasteiger partial charge in [-0.1, -0.05) is 6.92 Å². The lowest BCUT2D eigenvalue weighted by Crippen LogP contribution is -2.38. The molecular formula is C21H26N4O2. The van der Waals surface area contributed by atoms with Gasteiger partial charge in [0, 0.05) is 24.8 Å².